The Labute approximate surface area is 121 Å². The summed E-state index contributed by atoms with van der Waals surface area (Å²) in [6, 6.07) is 23.9. The molecule has 0 N–H and O–H groups in total. The monoisotopic (exact) mass is 260 g/mol. The maximum atomic E-state index is 2.28. The molecule has 0 nitrogen and oxygen atoms in total. The average molecular weight is 260 g/mol. The third-order valence-corrected chi connectivity index (χ3v) is 3.82. The minimum atomic E-state index is 0.162. The predicted octanol–water partition coefficient (Wildman–Crippen LogP) is 5.80. The largest absolute Gasteiger partial charge is 0.0622 e. The summed E-state index contributed by atoms with van der Waals surface area (Å²) in [7, 11) is 0. The molecule has 0 heterocycles. The number of rotatable bonds is 1. The molecule has 3 aromatic rings. The van der Waals surface area contributed by atoms with Crippen LogP contribution in [0.25, 0.3) is 21.9 Å². The van der Waals surface area contributed by atoms with Gasteiger partial charge in [-0.05, 0) is 32.9 Å². The Bertz CT molecular complexity index is 731. The van der Waals surface area contributed by atoms with Gasteiger partial charge in [0.2, 0.25) is 0 Å². The molecular formula is C20H20. The van der Waals surface area contributed by atoms with Crippen molar-refractivity contribution in [3.05, 3.63) is 72.3 Å². The standard InChI is InChI=1S/C20H20/c1-20(2,3)19-14-13-16(15-9-5-4-6-10-15)17-11-7-8-12-18(17)19/h4-14H,1-3H3. The van der Waals surface area contributed by atoms with Crippen molar-refractivity contribution in [2.45, 2.75) is 26.2 Å². The molecule has 0 atom stereocenters. The van der Waals surface area contributed by atoms with Crippen LogP contribution in [0, 0.1) is 0 Å². The zero-order valence-corrected chi connectivity index (χ0v) is 12.4. The van der Waals surface area contributed by atoms with Gasteiger partial charge < -0.3 is 0 Å². The molecule has 3 rings (SSSR count). The summed E-state index contributed by atoms with van der Waals surface area (Å²) in [5, 5.41) is 2.70. The number of benzene rings is 3. The maximum absolute atomic E-state index is 2.28. The molecule has 0 radical (unpaired) electrons. The summed E-state index contributed by atoms with van der Waals surface area (Å²) in [6.45, 7) is 6.82. The van der Waals surface area contributed by atoms with Crippen LogP contribution in [0.1, 0.15) is 26.3 Å². The van der Waals surface area contributed by atoms with Crippen LogP contribution in [0.3, 0.4) is 0 Å². The first-order chi connectivity index (χ1) is 9.57. The highest BCUT2D eigenvalue weighted by atomic mass is 14.2. The van der Waals surface area contributed by atoms with Gasteiger partial charge in [-0.3, -0.25) is 0 Å². The van der Waals surface area contributed by atoms with Gasteiger partial charge in [-0.2, -0.15) is 0 Å². The lowest BCUT2D eigenvalue weighted by molar-refractivity contribution is 0.596. The second-order valence-electron chi connectivity index (χ2n) is 6.32. The van der Waals surface area contributed by atoms with E-state index in [2.05, 4.69) is 87.5 Å². The molecule has 0 amide bonds. The molecule has 0 unspecified atom stereocenters. The second-order valence-corrected chi connectivity index (χ2v) is 6.32. The van der Waals surface area contributed by atoms with Gasteiger partial charge in [-0.15, -0.1) is 0 Å². The molecule has 3 aromatic carbocycles. The lowest BCUT2D eigenvalue weighted by atomic mass is 9.82. The first-order valence-electron chi connectivity index (χ1n) is 7.15. The van der Waals surface area contributed by atoms with Crippen LogP contribution in [0.4, 0.5) is 0 Å². The minimum Gasteiger partial charge on any atom is -0.0622 e. The first kappa shape index (κ1) is 12.9. The molecule has 0 fully saturated rings. The van der Waals surface area contributed by atoms with Gasteiger partial charge in [0.05, 0.1) is 0 Å². The Morgan fingerprint density at radius 3 is 1.85 bits per heavy atom. The third-order valence-electron chi connectivity index (χ3n) is 3.82. The van der Waals surface area contributed by atoms with Crippen molar-refractivity contribution in [3.63, 3.8) is 0 Å². The molecule has 0 saturated carbocycles. The van der Waals surface area contributed by atoms with E-state index in [4.69, 9.17) is 0 Å². The van der Waals surface area contributed by atoms with Crippen molar-refractivity contribution in [2.75, 3.05) is 0 Å². The van der Waals surface area contributed by atoms with Crippen molar-refractivity contribution < 1.29 is 0 Å². The van der Waals surface area contributed by atoms with Gasteiger partial charge in [-0.25, -0.2) is 0 Å². The Hall–Kier alpha value is -2.08. The number of fused-ring (bicyclic) bond motifs is 1. The Balaban J connectivity index is 2.33. The predicted molar refractivity (Wildman–Crippen MR) is 88.1 cm³/mol. The highest BCUT2D eigenvalue weighted by Gasteiger charge is 2.17. The summed E-state index contributed by atoms with van der Waals surface area (Å²) in [6.07, 6.45) is 0. The van der Waals surface area contributed by atoms with Gasteiger partial charge in [0.15, 0.2) is 0 Å². The molecule has 0 bridgehead atoms. The minimum absolute atomic E-state index is 0.162. The SMILES string of the molecule is CC(C)(C)c1ccc(-c2ccccc2)c2ccccc12. The normalized spacial score (nSPS) is 11.8. The van der Waals surface area contributed by atoms with Crippen LogP contribution in [0.15, 0.2) is 66.7 Å². The highest BCUT2D eigenvalue weighted by molar-refractivity contribution is 5.99. The molecule has 0 aliphatic rings. The molecule has 0 aliphatic heterocycles. The van der Waals surface area contributed by atoms with Gasteiger partial charge in [-0.1, -0.05) is 87.5 Å². The Morgan fingerprint density at radius 2 is 1.20 bits per heavy atom. The molecule has 100 valence electrons. The van der Waals surface area contributed by atoms with E-state index in [1.54, 1.807) is 0 Å². The zero-order valence-electron chi connectivity index (χ0n) is 12.4. The first-order valence-corrected chi connectivity index (χ1v) is 7.15. The second kappa shape index (κ2) is 4.79. The third kappa shape index (κ3) is 2.22. The van der Waals surface area contributed by atoms with E-state index in [0.717, 1.165) is 0 Å². The van der Waals surface area contributed by atoms with E-state index in [1.807, 2.05) is 0 Å². The lowest BCUT2D eigenvalue weighted by Crippen LogP contribution is -2.11. The zero-order chi connectivity index (χ0) is 14.2. The molecule has 0 spiro atoms. The fourth-order valence-electron chi connectivity index (χ4n) is 2.82. The maximum Gasteiger partial charge on any atom is -0.0102 e. The lowest BCUT2D eigenvalue weighted by Gasteiger charge is -2.22. The molecule has 0 heteroatoms. The van der Waals surface area contributed by atoms with Crippen LogP contribution in [0.2, 0.25) is 0 Å². The Morgan fingerprint density at radius 1 is 0.600 bits per heavy atom. The van der Waals surface area contributed by atoms with E-state index in [1.165, 1.54) is 27.5 Å². The van der Waals surface area contributed by atoms with Gasteiger partial charge >= 0.3 is 0 Å². The van der Waals surface area contributed by atoms with Crippen LogP contribution in [-0.2, 0) is 5.41 Å². The van der Waals surface area contributed by atoms with Crippen molar-refractivity contribution >= 4 is 10.8 Å². The average Bonchev–Trinajstić information content (AvgIpc) is 2.46. The van der Waals surface area contributed by atoms with Gasteiger partial charge in [0, 0.05) is 0 Å². The number of hydrogen-bond donors (Lipinski definition) is 0. The quantitative estimate of drug-likeness (QED) is 0.518. The molecule has 20 heavy (non-hydrogen) atoms. The molecule has 0 aromatic heterocycles. The summed E-state index contributed by atoms with van der Waals surface area (Å²) < 4.78 is 0. The van der Waals surface area contributed by atoms with E-state index in [0.29, 0.717) is 0 Å². The van der Waals surface area contributed by atoms with Crippen molar-refractivity contribution in [1.29, 1.82) is 0 Å². The van der Waals surface area contributed by atoms with Crippen molar-refractivity contribution in [2.24, 2.45) is 0 Å². The van der Waals surface area contributed by atoms with Crippen LogP contribution >= 0.6 is 0 Å². The van der Waals surface area contributed by atoms with Gasteiger partial charge in [0.25, 0.3) is 0 Å². The van der Waals surface area contributed by atoms with Gasteiger partial charge in [0.1, 0.15) is 0 Å². The van der Waals surface area contributed by atoms with Crippen LogP contribution < -0.4 is 0 Å². The molecule has 0 aliphatic carbocycles. The highest BCUT2D eigenvalue weighted by Crippen LogP contribution is 2.35. The summed E-state index contributed by atoms with van der Waals surface area (Å²) in [5.74, 6) is 0. The Kier molecular flexibility index (Phi) is 3.10. The van der Waals surface area contributed by atoms with Crippen molar-refractivity contribution in [3.8, 4) is 11.1 Å². The number of hydrogen-bond acceptors (Lipinski definition) is 0. The fraction of sp³-hybridized carbons (Fsp3) is 0.200. The molecule has 0 saturated heterocycles. The summed E-state index contributed by atoms with van der Waals surface area (Å²) in [4.78, 5) is 0. The fourth-order valence-corrected chi connectivity index (χ4v) is 2.82. The van der Waals surface area contributed by atoms with Crippen LogP contribution in [0.5, 0.6) is 0 Å². The van der Waals surface area contributed by atoms with Crippen molar-refractivity contribution in [1.82, 2.24) is 0 Å². The summed E-state index contributed by atoms with van der Waals surface area (Å²) >= 11 is 0. The van der Waals surface area contributed by atoms with Crippen LogP contribution in [-0.4, -0.2) is 0 Å². The smallest absolute Gasteiger partial charge is 0.0102 e. The van der Waals surface area contributed by atoms with E-state index < -0.39 is 0 Å². The topological polar surface area (TPSA) is 0 Å². The summed E-state index contributed by atoms with van der Waals surface area (Å²) in [5.41, 5.74) is 4.17. The molecular weight excluding hydrogens is 240 g/mol. The van der Waals surface area contributed by atoms with E-state index in [-0.39, 0.29) is 5.41 Å². The van der Waals surface area contributed by atoms with E-state index in [9.17, 15) is 0 Å². The van der Waals surface area contributed by atoms with E-state index >= 15 is 0 Å².